The zero-order valence-corrected chi connectivity index (χ0v) is 12.3. The van der Waals surface area contributed by atoms with E-state index in [9.17, 15) is 9.18 Å². The van der Waals surface area contributed by atoms with Gasteiger partial charge >= 0.3 is 5.97 Å². The number of carbonyl (C=O) groups excluding carboxylic acids is 1. The Hall–Kier alpha value is -1.17. The number of ether oxygens (including phenoxy) is 1. The van der Waals surface area contributed by atoms with Gasteiger partial charge in [0.15, 0.2) is 0 Å². The molecule has 20 heavy (non-hydrogen) atoms. The summed E-state index contributed by atoms with van der Waals surface area (Å²) in [5.74, 6) is -0.820. The quantitative estimate of drug-likeness (QED) is 0.864. The van der Waals surface area contributed by atoms with Gasteiger partial charge in [-0.05, 0) is 19.1 Å². The van der Waals surface area contributed by atoms with Crippen LogP contribution in [0.15, 0.2) is 18.2 Å². The maximum atomic E-state index is 13.2. The molecule has 1 aliphatic rings. The Bertz CT molecular complexity index is 506. The van der Waals surface area contributed by atoms with E-state index in [0.717, 1.165) is 13.1 Å². The maximum absolute atomic E-state index is 13.2. The van der Waals surface area contributed by atoms with Crippen LogP contribution in [0.3, 0.4) is 0 Å². The van der Waals surface area contributed by atoms with Crippen molar-refractivity contribution in [3.63, 3.8) is 0 Å². The van der Waals surface area contributed by atoms with Crippen molar-refractivity contribution < 1.29 is 13.9 Å². The van der Waals surface area contributed by atoms with Gasteiger partial charge in [-0.25, -0.2) is 9.18 Å². The molecule has 0 aromatic heterocycles. The highest BCUT2D eigenvalue weighted by atomic mass is 35.5. The second-order valence-electron chi connectivity index (χ2n) is 4.93. The molecule has 110 valence electrons. The molecule has 0 bridgehead atoms. The molecule has 6 heteroatoms. The van der Waals surface area contributed by atoms with Crippen LogP contribution in [-0.2, 0) is 15.1 Å². The van der Waals surface area contributed by atoms with Crippen LogP contribution in [0.4, 0.5) is 4.39 Å². The van der Waals surface area contributed by atoms with Gasteiger partial charge in [0.1, 0.15) is 11.4 Å². The molecule has 0 aliphatic carbocycles. The minimum Gasteiger partial charge on any atom is -0.467 e. The molecule has 1 atom stereocenters. The standard InChI is InChI=1S/C14H18ClFN2O2/c1-14(13(19)20-2,18-7-5-17-6-8-18)11-4-3-10(16)9-12(11)15/h3-4,9,17H,5-8H2,1-2H3. The van der Waals surface area contributed by atoms with Crippen molar-refractivity contribution in [2.24, 2.45) is 0 Å². The molecule has 1 N–H and O–H groups in total. The van der Waals surface area contributed by atoms with Crippen LogP contribution in [0.5, 0.6) is 0 Å². The Morgan fingerprint density at radius 2 is 2.10 bits per heavy atom. The zero-order valence-electron chi connectivity index (χ0n) is 11.6. The molecule has 1 aromatic carbocycles. The summed E-state index contributed by atoms with van der Waals surface area (Å²) < 4.78 is 18.2. The molecule has 1 unspecified atom stereocenters. The molecule has 0 amide bonds. The second-order valence-corrected chi connectivity index (χ2v) is 5.33. The van der Waals surface area contributed by atoms with Gasteiger partial charge in [0.05, 0.1) is 7.11 Å². The van der Waals surface area contributed by atoms with E-state index in [1.807, 2.05) is 4.90 Å². The third-order valence-electron chi connectivity index (χ3n) is 3.79. The summed E-state index contributed by atoms with van der Waals surface area (Å²) in [5, 5.41) is 3.46. The fourth-order valence-corrected chi connectivity index (χ4v) is 2.96. The first kappa shape index (κ1) is 15.2. The molecule has 1 aliphatic heterocycles. The summed E-state index contributed by atoms with van der Waals surface area (Å²) in [6.45, 7) is 4.72. The number of rotatable bonds is 3. The Balaban J connectivity index is 2.47. The van der Waals surface area contributed by atoms with Gasteiger partial charge in [0.25, 0.3) is 0 Å². The van der Waals surface area contributed by atoms with Crippen LogP contribution in [0.25, 0.3) is 0 Å². The number of methoxy groups -OCH3 is 1. The molecule has 1 aromatic rings. The summed E-state index contributed by atoms with van der Waals surface area (Å²) in [5.41, 5.74) is -0.448. The summed E-state index contributed by atoms with van der Waals surface area (Å²) >= 11 is 6.14. The van der Waals surface area contributed by atoms with Gasteiger partial charge < -0.3 is 10.1 Å². The van der Waals surface area contributed by atoms with Crippen LogP contribution in [0, 0.1) is 5.82 Å². The number of nitrogens with one attached hydrogen (secondary N) is 1. The van der Waals surface area contributed by atoms with Crippen molar-refractivity contribution in [1.29, 1.82) is 0 Å². The Labute approximate surface area is 122 Å². The summed E-state index contributed by atoms with van der Waals surface area (Å²) in [7, 11) is 1.35. The Morgan fingerprint density at radius 1 is 1.45 bits per heavy atom. The predicted octanol–water partition coefficient (Wildman–Crippen LogP) is 1.77. The second kappa shape index (κ2) is 6.08. The molecule has 1 fully saturated rings. The fourth-order valence-electron chi connectivity index (χ4n) is 2.60. The van der Waals surface area contributed by atoms with Crippen molar-refractivity contribution >= 4 is 17.6 Å². The van der Waals surface area contributed by atoms with Gasteiger partial charge in [-0.3, -0.25) is 4.90 Å². The van der Waals surface area contributed by atoms with Gasteiger partial charge in [0, 0.05) is 36.8 Å². The largest absolute Gasteiger partial charge is 0.467 e. The minimum absolute atomic E-state index is 0.233. The minimum atomic E-state index is -1.01. The van der Waals surface area contributed by atoms with E-state index in [4.69, 9.17) is 16.3 Å². The number of carbonyl (C=O) groups is 1. The highest BCUT2D eigenvalue weighted by Gasteiger charge is 2.44. The average Bonchev–Trinajstić information content (AvgIpc) is 2.46. The summed E-state index contributed by atoms with van der Waals surface area (Å²) in [4.78, 5) is 14.3. The van der Waals surface area contributed by atoms with Crippen molar-refractivity contribution in [2.75, 3.05) is 33.3 Å². The Morgan fingerprint density at radius 3 is 2.65 bits per heavy atom. The predicted molar refractivity (Wildman–Crippen MR) is 75.2 cm³/mol. The number of hydrogen-bond donors (Lipinski definition) is 1. The highest BCUT2D eigenvalue weighted by Crippen LogP contribution is 2.35. The molecule has 0 spiro atoms. The summed E-state index contributed by atoms with van der Waals surface area (Å²) in [6.07, 6.45) is 0. The van der Waals surface area contributed by atoms with Crippen LogP contribution >= 0.6 is 11.6 Å². The van der Waals surface area contributed by atoms with E-state index in [0.29, 0.717) is 18.7 Å². The van der Waals surface area contributed by atoms with E-state index < -0.39 is 17.3 Å². The molecule has 1 saturated heterocycles. The van der Waals surface area contributed by atoms with Gasteiger partial charge in [-0.1, -0.05) is 17.7 Å². The van der Waals surface area contributed by atoms with Crippen molar-refractivity contribution in [3.05, 3.63) is 34.6 Å². The van der Waals surface area contributed by atoms with Gasteiger partial charge in [-0.15, -0.1) is 0 Å². The first-order chi connectivity index (χ1) is 9.50. The van der Waals surface area contributed by atoms with E-state index >= 15 is 0 Å². The average molecular weight is 301 g/mol. The zero-order chi connectivity index (χ0) is 14.8. The van der Waals surface area contributed by atoms with Crippen LogP contribution in [0.2, 0.25) is 5.02 Å². The molecule has 4 nitrogen and oxygen atoms in total. The Kier molecular flexibility index (Phi) is 4.62. The van der Waals surface area contributed by atoms with Crippen molar-refractivity contribution in [1.82, 2.24) is 10.2 Å². The monoisotopic (exact) mass is 300 g/mol. The van der Waals surface area contributed by atoms with Crippen molar-refractivity contribution in [2.45, 2.75) is 12.5 Å². The number of nitrogens with zero attached hydrogens (tertiary/aromatic N) is 1. The van der Waals surface area contributed by atoms with Crippen LogP contribution in [0.1, 0.15) is 12.5 Å². The number of halogens is 2. The molecular weight excluding hydrogens is 283 g/mol. The molecule has 2 rings (SSSR count). The van der Waals surface area contributed by atoms with E-state index in [1.54, 1.807) is 13.0 Å². The molecule has 1 heterocycles. The van der Waals surface area contributed by atoms with Crippen molar-refractivity contribution in [3.8, 4) is 0 Å². The number of esters is 1. The van der Waals surface area contributed by atoms with E-state index in [2.05, 4.69) is 5.32 Å². The molecule has 0 saturated carbocycles. The number of piperazine rings is 1. The topological polar surface area (TPSA) is 41.6 Å². The third kappa shape index (κ3) is 2.66. The van der Waals surface area contributed by atoms with Gasteiger partial charge in [-0.2, -0.15) is 0 Å². The highest BCUT2D eigenvalue weighted by molar-refractivity contribution is 6.31. The maximum Gasteiger partial charge on any atom is 0.330 e. The van der Waals surface area contributed by atoms with Crippen LogP contribution in [-0.4, -0.2) is 44.2 Å². The van der Waals surface area contributed by atoms with E-state index in [-0.39, 0.29) is 5.02 Å². The third-order valence-corrected chi connectivity index (χ3v) is 4.10. The molecular formula is C14H18ClFN2O2. The first-order valence-electron chi connectivity index (χ1n) is 6.50. The number of hydrogen-bond acceptors (Lipinski definition) is 4. The lowest BCUT2D eigenvalue weighted by atomic mass is 9.89. The smallest absolute Gasteiger partial charge is 0.330 e. The fraction of sp³-hybridized carbons (Fsp3) is 0.500. The summed E-state index contributed by atoms with van der Waals surface area (Å²) in [6, 6.07) is 4.08. The number of benzene rings is 1. The lowest BCUT2D eigenvalue weighted by molar-refractivity contribution is -0.155. The molecule has 0 radical (unpaired) electrons. The SMILES string of the molecule is COC(=O)C(C)(c1ccc(F)cc1Cl)N1CCNCC1. The van der Waals surface area contributed by atoms with Gasteiger partial charge in [0.2, 0.25) is 0 Å². The lowest BCUT2D eigenvalue weighted by Gasteiger charge is -2.41. The lowest BCUT2D eigenvalue weighted by Crippen LogP contribution is -2.57. The van der Waals surface area contributed by atoms with E-state index in [1.165, 1.54) is 19.2 Å². The van der Waals surface area contributed by atoms with Crippen LogP contribution < -0.4 is 5.32 Å². The first-order valence-corrected chi connectivity index (χ1v) is 6.87. The normalized spacial score (nSPS) is 19.4.